The molecule has 3 unspecified atom stereocenters. The minimum atomic E-state index is -2.96. The molecule has 3 atom stereocenters. The van der Waals surface area contributed by atoms with Gasteiger partial charge in [-0.15, -0.1) is 0 Å². The molecule has 8 nitrogen and oxygen atoms in total. The maximum atomic E-state index is 14.6. The van der Waals surface area contributed by atoms with Gasteiger partial charge in [-0.1, -0.05) is 30.1 Å². The molecule has 0 saturated heterocycles. The molecule has 6 aliphatic carbocycles. The first-order chi connectivity index (χ1) is 20.7. The highest BCUT2D eigenvalue weighted by molar-refractivity contribution is 6.00. The number of anilines is 1. The van der Waals surface area contributed by atoms with Crippen molar-refractivity contribution in [2.75, 3.05) is 11.4 Å². The van der Waals surface area contributed by atoms with E-state index in [0.717, 1.165) is 68.8 Å². The first-order valence-electron chi connectivity index (χ1n) is 15.5. The lowest BCUT2D eigenvalue weighted by molar-refractivity contribution is -0.211. The van der Waals surface area contributed by atoms with Gasteiger partial charge in [-0.3, -0.25) is 4.79 Å². The number of ether oxygens (including phenoxy) is 1. The van der Waals surface area contributed by atoms with E-state index in [0.29, 0.717) is 54.9 Å². The zero-order valence-corrected chi connectivity index (χ0v) is 23.9. The maximum absolute atomic E-state index is 14.6. The van der Waals surface area contributed by atoms with E-state index in [2.05, 4.69) is 19.9 Å². The Morgan fingerprint density at radius 3 is 2.60 bits per heavy atom. The van der Waals surface area contributed by atoms with Crippen molar-refractivity contribution in [3.8, 4) is 17.1 Å². The van der Waals surface area contributed by atoms with Gasteiger partial charge in [0.25, 0.3) is 0 Å². The SMILES string of the molecule is O=C(N(CC1CCC2(c3nc(C4CC4)no3)CCCC1C2)c1cccc(-c2ncc(OC(F)F)cn2)c1)C12CC(F)(C1)C2. The zero-order valence-electron chi connectivity index (χ0n) is 23.9. The van der Waals surface area contributed by atoms with Crippen LogP contribution in [-0.4, -0.2) is 44.8 Å². The molecular weight excluding hydrogens is 559 g/mol. The van der Waals surface area contributed by atoms with Gasteiger partial charge >= 0.3 is 6.61 Å². The molecule has 1 amide bonds. The molecule has 43 heavy (non-hydrogen) atoms. The summed E-state index contributed by atoms with van der Waals surface area (Å²) in [5.41, 5.74) is -0.517. The number of alkyl halides is 3. The molecule has 0 radical (unpaired) electrons. The van der Waals surface area contributed by atoms with E-state index in [1.165, 1.54) is 12.4 Å². The van der Waals surface area contributed by atoms with Crippen molar-refractivity contribution >= 4 is 11.6 Å². The number of benzene rings is 1. The molecule has 0 N–H and O–H groups in total. The zero-order chi connectivity index (χ0) is 29.4. The lowest BCUT2D eigenvalue weighted by atomic mass is 9.42. The predicted molar refractivity (Wildman–Crippen MR) is 149 cm³/mol. The van der Waals surface area contributed by atoms with Gasteiger partial charge in [0.15, 0.2) is 17.4 Å². The Morgan fingerprint density at radius 1 is 1.09 bits per heavy atom. The summed E-state index contributed by atoms with van der Waals surface area (Å²) in [5.74, 6) is 3.02. The molecule has 2 heterocycles. The van der Waals surface area contributed by atoms with Gasteiger partial charge in [-0.25, -0.2) is 14.4 Å². The van der Waals surface area contributed by atoms with Gasteiger partial charge in [-0.2, -0.15) is 13.8 Å². The van der Waals surface area contributed by atoms with Crippen molar-refractivity contribution in [3.63, 3.8) is 0 Å². The van der Waals surface area contributed by atoms with Crippen LogP contribution in [0.1, 0.15) is 88.3 Å². The molecule has 226 valence electrons. The Hall–Kier alpha value is -3.50. The Bertz CT molecular complexity index is 1520. The second kappa shape index (κ2) is 9.75. The predicted octanol–water partition coefficient (Wildman–Crippen LogP) is 6.77. The van der Waals surface area contributed by atoms with E-state index in [-0.39, 0.29) is 17.1 Å². The molecule has 6 fully saturated rings. The number of carbonyl (C=O) groups excluding carboxylic acids is 1. The van der Waals surface area contributed by atoms with Crippen molar-refractivity contribution in [3.05, 3.63) is 48.4 Å². The van der Waals surface area contributed by atoms with Crippen LogP contribution in [0.5, 0.6) is 5.75 Å². The van der Waals surface area contributed by atoms with Gasteiger partial charge in [0.1, 0.15) is 5.67 Å². The van der Waals surface area contributed by atoms with E-state index in [1.54, 1.807) is 0 Å². The van der Waals surface area contributed by atoms with Crippen LogP contribution < -0.4 is 9.64 Å². The summed E-state index contributed by atoms with van der Waals surface area (Å²) in [6.45, 7) is -2.40. The van der Waals surface area contributed by atoms with Crippen LogP contribution in [0.4, 0.5) is 18.9 Å². The normalized spacial score (nSPS) is 32.6. The Kier molecular flexibility index (Phi) is 6.14. The Balaban J connectivity index is 1.05. The molecule has 9 rings (SSSR count). The number of nitrogens with zero attached hydrogens (tertiary/aromatic N) is 5. The summed E-state index contributed by atoms with van der Waals surface area (Å²) >= 11 is 0. The Labute approximate surface area is 247 Å². The summed E-state index contributed by atoms with van der Waals surface area (Å²) in [6, 6.07) is 7.43. The summed E-state index contributed by atoms with van der Waals surface area (Å²) in [7, 11) is 0. The van der Waals surface area contributed by atoms with E-state index in [9.17, 15) is 18.0 Å². The summed E-state index contributed by atoms with van der Waals surface area (Å²) in [4.78, 5) is 29.3. The number of halogens is 3. The van der Waals surface area contributed by atoms with Crippen molar-refractivity contribution in [1.29, 1.82) is 0 Å². The molecule has 0 spiro atoms. The van der Waals surface area contributed by atoms with E-state index >= 15 is 0 Å². The van der Waals surface area contributed by atoms with Crippen LogP contribution in [0.3, 0.4) is 0 Å². The highest BCUT2D eigenvalue weighted by Crippen LogP contribution is 2.70. The molecule has 0 aliphatic heterocycles. The molecule has 11 heteroatoms. The van der Waals surface area contributed by atoms with Crippen LogP contribution in [0.25, 0.3) is 11.4 Å². The number of hydrogen-bond donors (Lipinski definition) is 0. The molecule has 1 aromatic carbocycles. The number of aromatic nitrogens is 4. The van der Waals surface area contributed by atoms with Gasteiger partial charge in [0, 0.05) is 29.1 Å². The van der Waals surface area contributed by atoms with E-state index < -0.39 is 17.7 Å². The molecule has 6 saturated carbocycles. The average molecular weight is 594 g/mol. The first-order valence-corrected chi connectivity index (χ1v) is 15.5. The third-order valence-electron chi connectivity index (χ3n) is 10.7. The molecule has 3 aromatic rings. The van der Waals surface area contributed by atoms with E-state index in [4.69, 9.17) is 9.51 Å². The minimum Gasteiger partial charge on any atom is -0.432 e. The fourth-order valence-electron chi connectivity index (χ4n) is 8.39. The monoisotopic (exact) mass is 593 g/mol. The topological polar surface area (TPSA) is 94.2 Å². The largest absolute Gasteiger partial charge is 0.432 e. The summed E-state index contributed by atoms with van der Waals surface area (Å²) < 4.78 is 49.9. The summed E-state index contributed by atoms with van der Waals surface area (Å²) in [6.07, 6.45) is 11.7. The van der Waals surface area contributed by atoms with Gasteiger partial charge in [0.05, 0.1) is 17.8 Å². The van der Waals surface area contributed by atoms with Crippen LogP contribution >= 0.6 is 0 Å². The minimum absolute atomic E-state index is 0.00982. The standard InChI is InChI=1S/C32H34F3N5O3/c33-29(34)42-24-13-36-25(37-14-24)20-3-1-5-23(11-20)40(28(41)31-16-32(35,17-31)18-31)15-22-8-10-30(9-2-4-21(22)12-30)27-38-26(39-43-27)19-6-7-19/h1,3,5,11,13-14,19,21-22,29H,2,4,6-10,12,15-18H2. The number of rotatable bonds is 9. The van der Waals surface area contributed by atoms with Crippen LogP contribution in [0.2, 0.25) is 0 Å². The van der Waals surface area contributed by atoms with Crippen molar-refractivity contribution in [2.24, 2.45) is 17.3 Å². The van der Waals surface area contributed by atoms with E-state index in [1.807, 2.05) is 29.2 Å². The van der Waals surface area contributed by atoms with Gasteiger partial charge < -0.3 is 14.2 Å². The molecule has 2 aromatic heterocycles. The van der Waals surface area contributed by atoms with Crippen molar-refractivity contribution in [1.82, 2.24) is 20.1 Å². The van der Waals surface area contributed by atoms with Crippen molar-refractivity contribution < 1.29 is 27.2 Å². The Morgan fingerprint density at radius 2 is 1.88 bits per heavy atom. The third-order valence-corrected chi connectivity index (χ3v) is 10.7. The molecular formula is C32H34F3N5O3. The number of carbonyl (C=O) groups is 1. The first kappa shape index (κ1) is 27.1. The molecule has 6 aliphatic rings. The highest BCUT2D eigenvalue weighted by Gasteiger charge is 2.73. The maximum Gasteiger partial charge on any atom is 0.387 e. The summed E-state index contributed by atoms with van der Waals surface area (Å²) in [5, 5.41) is 4.31. The molecule has 4 bridgehead atoms. The van der Waals surface area contributed by atoms with Crippen LogP contribution in [-0.2, 0) is 10.2 Å². The lowest BCUT2D eigenvalue weighted by Gasteiger charge is -2.65. The highest BCUT2D eigenvalue weighted by atomic mass is 19.3. The number of fused-ring (bicyclic) bond motifs is 2. The lowest BCUT2D eigenvalue weighted by Crippen LogP contribution is -2.70. The quantitative estimate of drug-likeness (QED) is 0.270. The van der Waals surface area contributed by atoms with Gasteiger partial charge in [0.2, 0.25) is 11.8 Å². The van der Waals surface area contributed by atoms with Gasteiger partial charge in [-0.05, 0) is 81.8 Å². The second-order valence-electron chi connectivity index (χ2n) is 13.7. The smallest absolute Gasteiger partial charge is 0.387 e. The van der Waals surface area contributed by atoms with Crippen LogP contribution in [0.15, 0.2) is 41.2 Å². The third kappa shape index (κ3) is 4.70. The number of amides is 1. The number of hydrogen-bond acceptors (Lipinski definition) is 7. The average Bonchev–Trinajstić information content (AvgIpc) is 3.70. The fraction of sp³-hybridized carbons (Fsp3) is 0.594. The van der Waals surface area contributed by atoms with Crippen LogP contribution in [0, 0.1) is 17.3 Å². The fourth-order valence-corrected chi connectivity index (χ4v) is 8.39. The second-order valence-corrected chi connectivity index (χ2v) is 13.7. The van der Waals surface area contributed by atoms with Crippen molar-refractivity contribution in [2.45, 2.75) is 94.2 Å².